The Morgan fingerprint density at radius 1 is 1.28 bits per heavy atom. The second-order valence-corrected chi connectivity index (χ2v) is 6.77. The lowest BCUT2D eigenvalue weighted by Gasteiger charge is -2.25. The van der Waals surface area contributed by atoms with Crippen molar-refractivity contribution in [3.05, 3.63) is 64.2 Å². The fraction of sp³-hybridized carbons (Fsp3) is 0.300. The van der Waals surface area contributed by atoms with E-state index in [1.54, 1.807) is 4.90 Å². The van der Waals surface area contributed by atoms with Gasteiger partial charge in [0.05, 0.1) is 35.9 Å². The molecule has 0 aromatic heterocycles. The van der Waals surface area contributed by atoms with Crippen molar-refractivity contribution < 1.29 is 19.2 Å². The summed E-state index contributed by atoms with van der Waals surface area (Å²) in [6.45, 7) is 2.36. The minimum Gasteiger partial charge on any atom is -0.494 e. The molecule has 0 aliphatic carbocycles. The van der Waals surface area contributed by atoms with Gasteiger partial charge in [-0.25, -0.2) is 4.79 Å². The van der Waals surface area contributed by atoms with Crippen LogP contribution in [0.5, 0.6) is 5.75 Å². The van der Waals surface area contributed by atoms with Crippen molar-refractivity contribution in [1.82, 2.24) is 10.2 Å². The van der Waals surface area contributed by atoms with Crippen LogP contribution in [0.25, 0.3) is 0 Å². The van der Waals surface area contributed by atoms with Crippen molar-refractivity contribution in [2.24, 2.45) is 0 Å². The van der Waals surface area contributed by atoms with E-state index in [1.807, 2.05) is 37.3 Å². The summed E-state index contributed by atoms with van der Waals surface area (Å²) >= 11 is 0. The molecule has 2 N–H and O–H groups in total. The molecule has 9 heteroatoms. The Bertz CT molecular complexity index is 918. The van der Waals surface area contributed by atoms with Gasteiger partial charge >= 0.3 is 6.03 Å². The van der Waals surface area contributed by atoms with Crippen molar-refractivity contribution in [3.63, 3.8) is 0 Å². The van der Waals surface area contributed by atoms with Crippen LogP contribution in [-0.4, -0.2) is 41.5 Å². The van der Waals surface area contributed by atoms with E-state index in [0.717, 1.165) is 5.56 Å². The quantitative estimate of drug-likeness (QED) is 0.573. The number of nitrogens with zero attached hydrogens (tertiary/aromatic N) is 2. The molecule has 2 aromatic rings. The standard InChI is InChI=1S/C20H22N4O5/c1-13(14-6-4-3-5-7-14)23-12-15(10-19(23)25)21-20(26)22-17-9-8-16(24(27)28)11-18(17)29-2/h3-9,11,13,15H,10,12H2,1-2H3,(H2,21,22,26). The van der Waals surface area contributed by atoms with Gasteiger partial charge in [0.15, 0.2) is 0 Å². The van der Waals surface area contributed by atoms with E-state index in [-0.39, 0.29) is 35.8 Å². The van der Waals surface area contributed by atoms with Gasteiger partial charge in [-0.1, -0.05) is 30.3 Å². The largest absolute Gasteiger partial charge is 0.494 e. The zero-order valence-corrected chi connectivity index (χ0v) is 16.1. The molecule has 3 amide bonds. The van der Waals surface area contributed by atoms with Crippen LogP contribution in [0.3, 0.4) is 0 Å². The van der Waals surface area contributed by atoms with E-state index in [9.17, 15) is 19.7 Å². The number of hydrogen-bond donors (Lipinski definition) is 2. The molecule has 2 unspecified atom stereocenters. The highest BCUT2D eigenvalue weighted by atomic mass is 16.6. The van der Waals surface area contributed by atoms with E-state index >= 15 is 0 Å². The lowest BCUT2D eigenvalue weighted by atomic mass is 10.1. The SMILES string of the molecule is COc1cc([N+](=O)[O-])ccc1NC(=O)NC1CC(=O)N(C(C)c2ccccc2)C1. The van der Waals surface area contributed by atoms with Gasteiger partial charge in [-0.05, 0) is 18.6 Å². The van der Waals surface area contributed by atoms with Crippen molar-refractivity contribution in [3.8, 4) is 5.75 Å². The summed E-state index contributed by atoms with van der Waals surface area (Å²) in [6.07, 6.45) is 0.210. The van der Waals surface area contributed by atoms with Crippen LogP contribution in [0.1, 0.15) is 24.9 Å². The van der Waals surface area contributed by atoms with E-state index in [1.165, 1.54) is 25.3 Å². The van der Waals surface area contributed by atoms with Crippen molar-refractivity contribution in [2.45, 2.75) is 25.4 Å². The molecular weight excluding hydrogens is 376 g/mol. The van der Waals surface area contributed by atoms with E-state index in [0.29, 0.717) is 12.2 Å². The van der Waals surface area contributed by atoms with Crippen LogP contribution in [0.15, 0.2) is 48.5 Å². The smallest absolute Gasteiger partial charge is 0.319 e. The minimum atomic E-state index is -0.543. The number of hydrogen-bond acceptors (Lipinski definition) is 5. The van der Waals surface area contributed by atoms with E-state index in [2.05, 4.69) is 10.6 Å². The number of nitrogens with one attached hydrogen (secondary N) is 2. The second-order valence-electron chi connectivity index (χ2n) is 6.77. The van der Waals surface area contributed by atoms with Gasteiger partial charge in [-0.15, -0.1) is 0 Å². The van der Waals surface area contributed by atoms with Crippen molar-refractivity contribution in [1.29, 1.82) is 0 Å². The normalized spacial score (nSPS) is 17.0. The Morgan fingerprint density at radius 2 is 2.00 bits per heavy atom. The number of nitro benzene ring substituents is 1. The lowest BCUT2D eigenvalue weighted by molar-refractivity contribution is -0.384. The van der Waals surface area contributed by atoms with Crippen molar-refractivity contribution >= 4 is 23.3 Å². The summed E-state index contributed by atoms with van der Waals surface area (Å²) in [5.74, 6) is 0.149. The topological polar surface area (TPSA) is 114 Å². The first-order valence-electron chi connectivity index (χ1n) is 9.13. The number of carbonyl (C=O) groups is 2. The maximum absolute atomic E-state index is 12.4. The predicted molar refractivity (Wildman–Crippen MR) is 107 cm³/mol. The third kappa shape index (κ3) is 4.63. The number of ether oxygens (including phenoxy) is 1. The highest BCUT2D eigenvalue weighted by molar-refractivity contribution is 5.92. The summed E-state index contributed by atoms with van der Waals surface area (Å²) in [7, 11) is 1.36. The van der Waals surface area contributed by atoms with Gasteiger partial charge in [0, 0.05) is 19.0 Å². The van der Waals surface area contributed by atoms with Gasteiger partial charge in [0.25, 0.3) is 5.69 Å². The van der Waals surface area contributed by atoms with Gasteiger partial charge in [0.2, 0.25) is 5.91 Å². The van der Waals surface area contributed by atoms with Crippen LogP contribution in [0.2, 0.25) is 0 Å². The van der Waals surface area contributed by atoms with E-state index in [4.69, 9.17) is 4.74 Å². The molecule has 0 spiro atoms. The van der Waals surface area contributed by atoms with Crippen molar-refractivity contribution in [2.75, 3.05) is 19.0 Å². The van der Waals surface area contributed by atoms with Crippen LogP contribution < -0.4 is 15.4 Å². The summed E-state index contributed by atoms with van der Waals surface area (Å²) in [5.41, 5.74) is 1.19. The Labute approximate surface area is 167 Å². The molecule has 1 fully saturated rings. The first-order chi connectivity index (χ1) is 13.9. The number of non-ortho nitro benzene ring substituents is 1. The zero-order valence-electron chi connectivity index (χ0n) is 16.1. The highest BCUT2D eigenvalue weighted by Crippen LogP contribution is 2.29. The summed E-state index contributed by atoms with van der Waals surface area (Å²) in [6, 6.07) is 12.7. The number of carbonyl (C=O) groups excluding carboxylic acids is 2. The Hall–Kier alpha value is -3.62. The van der Waals surface area contributed by atoms with Crippen LogP contribution >= 0.6 is 0 Å². The molecule has 9 nitrogen and oxygen atoms in total. The number of methoxy groups -OCH3 is 1. The fourth-order valence-corrected chi connectivity index (χ4v) is 3.35. The average molecular weight is 398 g/mol. The molecule has 1 saturated heterocycles. The molecule has 3 rings (SSSR count). The Kier molecular flexibility index (Phi) is 5.96. The molecule has 2 atom stereocenters. The van der Waals surface area contributed by atoms with Crippen LogP contribution in [0.4, 0.5) is 16.2 Å². The minimum absolute atomic E-state index is 0.0282. The molecule has 29 heavy (non-hydrogen) atoms. The summed E-state index contributed by atoms with van der Waals surface area (Å²) < 4.78 is 5.11. The Balaban J connectivity index is 1.62. The molecule has 1 aliphatic heterocycles. The van der Waals surface area contributed by atoms with Gasteiger partial charge in [-0.2, -0.15) is 0 Å². The van der Waals surface area contributed by atoms with Gasteiger partial charge in [0.1, 0.15) is 5.75 Å². The molecular formula is C20H22N4O5. The molecule has 1 heterocycles. The Morgan fingerprint density at radius 3 is 2.66 bits per heavy atom. The van der Waals surface area contributed by atoms with Crippen LogP contribution in [-0.2, 0) is 4.79 Å². The number of urea groups is 1. The zero-order chi connectivity index (χ0) is 21.0. The molecule has 152 valence electrons. The third-order valence-electron chi connectivity index (χ3n) is 4.89. The molecule has 0 saturated carbocycles. The maximum Gasteiger partial charge on any atom is 0.319 e. The second kappa shape index (κ2) is 8.59. The maximum atomic E-state index is 12.4. The molecule has 0 radical (unpaired) electrons. The number of rotatable bonds is 6. The number of anilines is 1. The molecule has 1 aliphatic rings. The highest BCUT2D eigenvalue weighted by Gasteiger charge is 2.34. The first-order valence-corrected chi connectivity index (χ1v) is 9.13. The first kappa shape index (κ1) is 20.1. The lowest BCUT2D eigenvalue weighted by Crippen LogP contribution is -2.40. The van der Waals surface area contributed by atoms with Gasteiger partial charge in [-0.3, -0.25) is 14.9 Å². The fourth-order valence-electron chi connectivity index (χ4n) is 3.35. The average Bonchev–Trinajstić information content (AvgIpc) is 3.07. The number of nitro groups is 1. The number of amides is 3. The van der Waals surface area contributed by atoms with E-state index < -0.39 is 11.0 Å². The predicted octanol–water partition coefficient (Wildman–Crippen LogP) is 3.09. The molecule has 2 aromatic carbocycles. The number of benzene rings is 2. The summed E-state index contributed by atoms with van der Waals surface area (Å²) in [4.78, 5) is 36.8. The molecule has 0 bridgehead atoms. The third-order valence-corrected chi connectivity index (χ3v) is 4.89. The van der Waals surface area contributed by atoms with Crippen LogP contribution in [0, 0.1) is 10.1 Å². The monoisotopic (exact) mass is 398 g/mol. The van der Waals surface area contributed by atoms with Gasteiger partial charge < -0.3 is 20.3 Å². The summed E-state index contributed by atoms with van der Waals surface area (Å²) in [5, 5.41) is 16.3. The number of likely N-dealkylation sites (tertiary alicyclic amines) is 1.